The molecule has 2 nitrogen and oxygen atoms in total. The normalized spacial score (nSPS) is 17.1. The summed E-state index contributed by atoms with van der Waals surface area (Å²) < 4.78 is 0. The third kappa shape index (κ3) is 2.84. The summed E-state index contributed by atoms with van der Waals surface area (Å²) in [7, 11) is 0. The number of nitrogens with zero attached hydrogens (tertiary/aromatic N) is 1. The van der Waals surface area contributed by atoms with Crippen LogP contribution in [0.2, 0.25) is 0 Å². The van der Waals surface area contributed by atoms with Gasteiger partial charge in [0.1, 0.15) is 6.10 Å². The lowest BCUT2D eigenvalue weighted by Gasteiger charge is -2.06. The van der Waals surface area contributed by atoms with Crippen LogP contribution in [0.4, 0.5) is 0 Å². The monoisotopic (exact) mass is 217 g/mol. The fourth-order valence-electron chi connectivity index (χ4n) is 2.15. The van der Waals surface area contributed by atoms with Gasteiger partial charge in [-0.1, -0.05) is 36.3 Å². The second-order valence-corrected chi connectivity index (χ2v) is 4.30. The summed E-state index contributed by atoms with van der Waals surface area (Å²) in [6.45, 7) is 2.16. The number of hydrogen-bond acceptors (Lipinski definition) is 2. The van der Waals surface area contributed by atoms with E-state index in [0.29, 0.717) is 6.10 Å². The largest absolute Gasteiger partial charge is 0.393 e. The van der Waals surface area contributed by atoms with Gasteiger partial charge in [0.05, 0.1) is 6.21 Å². The summed E-state index contributed by atoms with van der Waals surface area (Å²) in [6.07, 6.45) is 8.12. The highest BCUT2D eigenvalue weighted by molar-refractivity contribution is 5.81. The van der Waals surface area contributed by atoms with E-state index in [4.69, 9.17) is 4.84 Å². The van der Waals surface area contributed by atoms with Crippen molar-refractivity contribution in [3.63, 3.8) is 0 Å². The summed E-state index contributed by atoms with van der Waals surface area (Å²) in [4.78, 5) is 5.48. The lowest BCUT2D eigenvalue weighted by atomic mass is 10.1. The number of benzene rings is 1. The molecule has 0 aliphatic heterocycles. The fourth-order valence-corrected chi connectivity index (χ4v) is 2.15. The van der Waals surface area contributed by atoms with E-state index in [-0.39, 0.29) is 0 Å². The van der Waals surface area contributed by atoms with Gasteiger partial charge in [-0.3, -0.25) is 0 Å². The molecule has 0 amide bonds. The van der Waals surface area contributed by atoms with Crippen molar-refractivity contribution >= 4 is 6.21 Å². The molecular weight excluding hydrogens is 198 g/mol. The molecule has 0 unspecified atom stereocenters. The van der Waals surface area contributed by atoms with Crippen molar-refractivity contribution in [2.45, 2.75) is 45.1 Å². The first-order chi connectivity index (χ1) is 7.90. The van der Waals surface area contributed by atoms with Crippen molar-refractivity contribution in [3.8, 4) is 0 Å². The van der Waals surface area contributed by atoms with Crippen molar-refractivity contribution < 1.29 is 4.84 Å². The molecule has 16 heavy (non-hydrogen) atoms. The van der Waals surface area contributed by atoms with Crippen molar-refractivity contribution in [2.75, 3.05) is 0 Å². The van der Waals surface area contributed by atoms with Crippen LogP contribution in [0.5, 0.6) is 0 Å². The van der Waals surface area contributed by atoms with Crippen molar-refractivity contribution in [1.82, 2.24) is 0 Å². The maximum Gasteiger partial charge on any atom is 0.127 e. The Bertz CT molecular complexity index is 354. The summed E-state index contributed by atoms with van der Waals surface area (Å²) in [5.74, 6) is 0. The van der Waals surface area contributed by atoms with E-state index < -0.39 is 0 Å². The van der Waals surface area contributed by atoms with Crippen LogP contribution in [0, 0.1) is 0 Å². The zero-order valence-corrected chi connectivity index (χ0v) is 9.86. The second-order valence-electron chi connectivity index (χ2n) is 4.30. The third-order valence-electron chi connectivity index (χ3n) is 3.14. The number of aryl methyl sites for hydroxylation is 1. The lowest BCUT2D eigenvalue weighted by molar-refractivity contribution is 0.0657. The minimum atomic E-state index is 0.352. The SMILES string of the molecule is CCc1ccccc1C=NOC1CCCC1. The van der Waals surface area contributed by atoms with Gasteiger partial charge in [0.25, 0.3) is 0 Å². The predicted octanol–water partition coefficient (Wildman–Crippen LogP) is 3.54. The first kappa shape index (κ1) is 11.2. The summed E-state index contributed by atoms with van der Waals surface area (Å²) in [5.41, 5.74) is 2.49. The Labute approximate surface area is 97.3 Å². The number of oxime groups is 1. The highest BCUT2D eigenvalue weighted by Crippen LogP contribution is 2.21. The molecule has 2 rings (SSSR count). The average molecular weight is 217 g/mol. The van der Waals surface area contributed by atoms with Gasteiger partial charge in [-0.15, -0.1) is 0 Å². The van der Waals surface area contributed by atoms with E-state index in [1.807, 2.05) is 12.3 Å². The van der Waals surface area contributed by atoms with E-state index in [1.54, 1.807) is 0 Å². The first-order valence-corrected chi connectivity index (χ1v) is 6.17. The van der Waals surface area contributed by atoms with Crippen molar-refractivity contribution in [3.05, 3.63) is 35.4 Å². The highest BCUT2D eigenvalue weighted by atomic mass is 16.6. The minimum absolute atomic E-state index is 0.352. The van der Waals surface area contributed by atoms with Crippen LogP contribution in [0.3, 0.4) is 0 Å². The third-order valence-corrected chi connectivity index (χ3v) is 3.14. The van der Waals surface area contributed by atoms with Gasteiger partial charge in [0.15, 0.2) is 0 Å². The molecule has 0 heterocycles. The zero-order valence-electron chi connectivity index (χ0n) is 9.86. The average Bonchev–Trinajstić information content (AvgIpc) is 2.83. The minimum Gasteiger partial charge on any atom is -0.393 e. The number of hydrogen-bond donors (Lipinski definition) is 0. The quantitative estimate of drug-likeness (QED) is 0.558. The molecule has 0 N–H and O–H groups in total. The van der Waals surface area contributed by atoms with Gasteiger partial charge in [-0.2, -0.15) is 0 Å². The second kappa shape index (κ2) is 5.69. The van der Waals surface area contributed by atoms with Gasteiger partial charge in [0, 0.05) is 0 Å². The Balaban J connectivity index is 1.94. The predicted molar refractivity (Wildman–Crippen MR) is 66.8 cm³/mol. The molecule has 0 aromatic heterocycles. The number of rotatable bonds is 4. The van der Waals surface area contributed by atoms with Crippen LogP contribution in [0.25, 0.3) is 0 Å². The molecule has 0 spiro atoms. The Kier molecular flexibility index (Phi) is 3.97. The standard InChI is InChI=1S/C14H19NO/c1-2-12-7-3-4-8-13(12)11-15-16-14-9-5-6-10-14/h3-4,7-8,11,14H,2,5-6,9-10H2,1H3. The topological polar surface area (TPSA) is 21.6 Å². The van der Waals surface area contributed by atoms with Crippen LogP contribution >= 0.6 is 0 Å². The molecule has 1 aromatic rings. The molecular formula is C14H19NO. The lowest BCUT2D eigenvalue weighted by Crippen LogP contribution is -2.02. The summed E-state index contributed by atoms with van der Waals surface area (Å²) in [5, 5.41) is 4.11. The van der Waals surface area contributed by atoms with Crippen molar-refractivity contribution in [1.29, 1.82) is 0 Å². The molecule has 1 fully saturated rings. The Morgan fingerprint density at radius 3 is 2.81 bits per heavy atom. The molecule has 0 saturated heterocycles. The molecule has 1 aromatic carbocycles. The summed E-state index contributed by atoms with van der Waals surface area (Å²) >= 11 is 0. The molecule has 1 saturated carbocycles. The molecule has 0 radical (unpaired) electrons. The van der Waals surface area contributed by atoms with Crippen molar-refractivity contribution in [2.24, 2.45) is 5.16 Å². The van der Waals surface area contributed by atoms with Gasteiger partial charge in [-0.25, -0.2) is 0 Å². The molecule has 1 aliphatic carbocycles. The molecule has 86 valence electrons. The maximum atomic E-state index is 5.48. The van der Waals surface area contributed by atoms with E-state index in [1.165, 1.54) is 24.0 Å². The van der Waals surface area contributed by atoms with Gasteiger partial charge < -0.3 is 4.84 Å². The van der Waals surface area contributed by atoms with Crippen LogP contribution < -0.4 is 0 Å². The molecule has 2 heteroatoms. The van der Waals surface area contributed by atoms with Gasteiger partial charge >= 0.3 is 0 Å². The smallest absolute Gasteiger partial charge is 0.127 e. The Hall–Kier alpha value is -1.31. The van der Waals surface area contributed by atoms with E-state index >= 15 is 0 Å². The van der Waals surface area contributed by atoms with Crippen LogP contribution in [0.15, 0.2) is 29.4 Å². The van der Waals surface area contributed by atoms with E-state index in [2.05, 4.69) is 30.3 Å². The summed E-state index contributed by atoms with van der Waals surface area (Å²) in [6, 6.07) is 8.32. The highest BCUT2D eigenvalue weighted by Gasteiger charge is 2.15. The van der Waals surface area contributed by atoms with E-state index in [0.717, 1.165) is 19.3 Å². The van der Waals surface area contributed by atoms with E-state index in [9.17, 15) is 0 Å². The van der Waals surface area contributed by atoms with Crippen LogP contribution in [0.1, 0.15) is 43.7 Å². The van der Waals surface area contributed by atoms with Gasteiger partial charge in [0.2, 0.25) is 0 Å². The Morgan fingerprint density at radius 1 is 1.31 bits per heavy atom. The van der Waals surface area contributed by atoms with Crippen LogP contribution in [-0.2, 0) is 11.3 Å². The van der Waals surface area contributed by atoms with Gasteiger partial charge in [-0.05, 0) is 43.2 Å². The van der Waals surface area contributed by atoms with Crippen LogP contribution in [-0.4, -0.2) is 12.3 Å². The Morgan fingerprint density at radius 2 is 2.06 bits per heavy atom. The zero-order chi connectivity index (χ0) is 11.2. The molecule has 1 aliphatic rings. The molecule has 0 bridgehead atoms. The first-order valence-electron chi connectivity index (χ1n) is 6.17. The maximum absolute atomic E-state index is 5.48. The fraction of sp³-hybridized carbons (Fsp3) is 0.500. The molecule has 0 atom stereocenters.